The van der Waals surface area contributed by atoms with Crippen molar-refractivity contribution in [3.63, 3.8) is 0 Å². The van der Waals surface area contributed by atoms with Crippen molar-refractivity contribution in [2.75, 3.05) is 30.9 Å². The molecule has 112 valence electrons. The normalized spacial score (nSPS) is 22.6. The van der Waals surface area contributed by atoms with Gasteiger partial charge in [-0.2, -0.15) is 4.98 Å². The Morgan fingerprint density at radius 3 is 2.55 bits per heavy atom. The van der Waals surface area contributed by atoms with E-state index in [9.17, 15) is 5.11 Å². The Balaban J connectivity index is 2.08. The average Bonchev–Trinajstić information content (AvgIpc) is 2.41. The minimum atomic E-state index is -0.173. The molecule has 1 aliphatic carbocycles. The molecular weight excluding hydrogens is 252 g/mol. The Bertz CT molecular complexity index is 461. The Morgan fingerprint density at radius 1 is 1.20 bits per heavy atom. The zero-order valence-corrected chi connectivity index (χ0v) is 13.0. The van der Waals surface area contributed by atoms with E-state index in [2.05, 4.69) is 15.3 Å². The van der Waals surface area contributed by atoms with Gasteiger partial charge in [-0.05, 0) is 26.7 Å². The highest BCUT2D eigenvalue weighted by Crippen LogP contribution is 2.25. The van der Waals surface area contributed by atoms with Gasteiger partial charge in [-0.1, -0.05) is 12.8 Å². The SMILES string of the molecule is Cc1nc(N(C)C)nc(NC[C@H]2CCCC[C@H]2O)c1C. The van der Waals surface area contributed by atoms with E-state index in [1.165, 1.54) is 6.42 Å². The Kier molecular flexibility index (Phi) is 4.81. The van der Waals surface area contributed by atoms with E-state index in [0.717, 1.165) is 48.8 Å². The predicted molar refractivity (Wildman–Crippen MR) is 82.3 cm³/mol. The van der Waals surface area contributed by atoms with Crippen molar-refractivity contribution >= 4 is 11.8 Å². The number of aliphatic hydroxyl groups is 1. The van der Waals surface area contributed by atoms with Crippen molar-refractivity contribution in [1.29, 1.82) is 0 Å². The molecule has 1 aromatic rings. The predicted octanol–water partition coefficient (Wildman–Crippen LogP) is 2.12. The summed E-state index contributed by atoms with van der Waals surface area (Å²) in [6, 6.07) is 0. The maximum Gasteiger partial charge on any atom is 0.227 e. The van der Waals surface area contributed by atoms with Crippen LogP contribution in [0.3, 0.4) is 0 Å². The maximum atomic E-state index is 10.0. The summed E-state index contributed by atoms with van der Waals surface area (Å²) in [6.07, 6.45) is 4.21. The molecule has 0 saturated heterocycles. The highest BCUT2D eigenvalue weighted by atomic mass is 16.3. The molecular formula is C15H26N4O. The summed E-state index contributed by atoms with van der Waals surface area (Å²) in [5.41, 5.74) is 2.08. The van der Waals surface area contributed by atoms with Crippen LogP contribution in [0.1, 0.15) is 36.9 Å². The fraction of sp³-hybridized carbons (Fsp3) is 0.733. The fourth-order valence-corrected chi connectivity index (χ4v) is 2.64. The molecule has 0 bridgehead atoms. The van der Waals surface area contributed by atoms with E-state index in [1.54, 1.807) is 0 Å². The first-order valence-corrected chi connectivity index (χ1v) is 7.43. The summed E-state index contributed by atoms with van der Waals surface area (Å²) >= 11 is 0. The van der Waals surface area contributed by atoms with Gasteiger partial charge in [0.25, 0.3) is 0 Å². The largest absolute Gasteiger partial charge is 0.393 e. The van der Waals surface area contributed by atoms with Crippen LogP contribution < -0.4 is 10.2 Å². The molecule has 1 aliphatic rings. The van der Waals surface area contributed by atoms with Crippen molar-refractivity contribution in [2.45, 2.75) is 45.6 Å². The first-order valence-electron chi connectivity index (χ1n) is 7.43. The Hall–Kier alpha value is -1.36. The molecule has 5 heteroatoms. The van der Waals surface area contributed by atoms with Crippen LogP contribution in [-0.4, -0.2) is 41.8 Å². The number of hydrogen-bond donors (Lipinski definition) is 2. The fourth-order valence-electron chi connectivity index (χ4n) is 2.64. The third-order valence-corrected chi connectivity index (χ3v) is 4.18. The molecule has 2 atom stereocenters. The molecule has 0 unspecified atom stereocenters. The number of aromatic nitrogens is 2. The highest BCUT2D eigenvalue weighted by Gasteiger charge is 2.23. The van der Waals surface area contributed by atoms with Gasteiger partial charge in [0.15, 0.2) is 0 Å². The summed E-state index contributed by atoms with van der Waals surface area (Å²) in [5, 5.41) is 13.4. The number of nitrogens with zero attached hydrogens (tertiary/aromatic N) is 3. The van der Waals surface area contributed by atoms with Crippen molar-refractivity contribution < 1.29 is 5.11 Å². The van der Waals surface area contributed by atoms with Crippen LogP contribution >= 0.6 is 0 Å². The summed E-state index contributed by atoms with van der Waals surface area (Å²) in [4.78, 5) is 10.9. The van der Waals surface area contributed by atoms with E-state index >= 15 is 0 Å². The summed E-state index contributed by atoms with van der Waals surface area (Å²) < 4.78 is 0. The lowest BCUT2D eigenvalue weighted by atomic mass is 9.86. The standard InChI is InChI=1S/C15H26N4O/c1-10-11(2)17-15(19(3)4)18-14(10)16-9-12-7-5-6-8-13(12)20/h12-13,20H,5-9H2,1-4H3,(H,16,17,18)/t12-,13-/m1/s1. The number of hydrogen-bond acceptors (Lipinski definition) is 5. The molecule has 1 saturated carbocycles. The molecule has 0 aromatic carbocycles. The topological polar surface area (TPSA) is 61.3 Å². The van der Waals surface area contributed by atoms with Crippen LogP contribution in [0, 0.1) is 19.8 Å². The second kappa shape index (κ2) is 6.39. The first kappa shape index (κ1) is 15.0. The molecule has 0 aliphatic heterocycles. The number of aliphatic hydroxyl groups excluding tert-OH is 1. The quantitative estimate of drug-likeness (QED) is 0.883. The summed E-state index contributed by atoms with van der Waals surface area (Å²) in [6.45, 7) is 4.82. The van der Waals surface area contributed by atoms with Crippen molar-refractivity contribution in [1.82, 2.24) is 9.97 Å². The molecule has 0 spiro atoms. The molecule has 2 N–H and O–H groups in total. The van der Waals surface area contributed by atoms with Crippen LogP contribution in [0.4, 0.5) is 11.8 Å². The average molecular weight is 278 g/mol. The highest BCUT2D eigenvalue weighted by molar-refractivity contribution is 5.50. The zero-order valence-electron chi connectivity index (χ0n) is 13.0. The molecule has 1 aromatic heterocycles. The van der Waals surface area contributed by atoms with Crippen LogP contribution in [0.2, 0.25) is 0 Å². The van der Waals surface area contributed by atoms with Crippen LogP contribution in [-0.2, 0) is 0 Å². The minimum absolute atomic E-state index is 0.173. The molecule has 2 rings (SSSR count). The zero-order chi connectivity index (χ0) is 14.7. The lowest BCUT2D eigenvalue weighted by molar-refractivity contribution is 0.0763. The van der Waals surface area contributed by atoms with E-state index in [1.807, 2.05) is 32.8 Å². The number of rotatable bonds is 4. The van der Waals surface area contributed by atoms with E-state index < -0.39 is 0 Å². The maximum absolute atomic E-state index is 10.0. The summed E-state index contributed by atoms with van der Waals surface area (Å²) in [5.74, 6) is 1.94. The number of aryl methyl sites for hydroxylation is 1. The van der Waals surface area contributed by atoms with Gasteiger partial charge < -0.3 is 15.3 Å². The smallest absolute Gasteiger partial charge is 0.227 e. The monoisotopic (exact) mass is 278 g/mol. The number of anilines is 2. The Labute approximate surface area is 121 Å². The lowest BCUT2D eigenvalue weighted by Crippen LogP contribution is -2.30. The van der Waals surface area contributed by atoms with Gasteiger partial charge in [0.2, 0.25) is 5.95 Å². The van der Waals surface area contributed by atoms with Gasteiger partial charge >= 0.3 is 0 Å². The van der Waals surface area contributed by atoms with Crippen molar-refractivity contribution in [2.24, 2.45) is 5.92 Å². The van der Waals surface area contributed by atoms with Gasteiger partial charge in [0.1, 0.15) is 5.82 Å². The minimum Gasteiger partial charge on any atom is -0.393 e. The molecule has 0 amide bonds. The third-order valence-electron chi connectivity index (χ3n) is 4.18. The van der Waals surface area contributed by atoms with E-state index in [4.69, 9.17) is 0 Å². The van der Waals surface area contributed by atoms with Crippen molar-refractivity contribution in [3.05, 3.63) is 11.3 Å². The molecule has 5 nitrogen and oxygen atoms in total. The molecule has 0 radical (unpaired) electrons. The second-order valence-electron chi connectivity index (χ2n) is 5.97. The van der Waals surface area contributed by atoms with E-state index in [-0.39, 0.29) is 6.10 Å². The lowest BCUT2D eigenvalue weighted by Gasteiger charge is -2.28. The van der Waals surface area contributed by atoms with E-state index in [0.29, 0.717) is 5.92 Å². The molecule has 1 fully saturated rings. The van der Waals surface area contributed by atoms with Gasteiger partial charge in [-0.25, -0.2) is 4.98 Å². The van der Waals surface area contributed by atoms with Gasteiger partial charge in [0, 0.05) is 37.8 Å². The molecule has 20 heavy (non-hydrogen) atoms. The third kappa shape index (κ3) is 3.39. The summed E-state index contributed by atoms with van der Waals surface area (Å²) in [7, 11) is 3.89. The first-order chi connectivity index (χ1) is 9.49. The number of nitrogens with one attached hydrogen (secondary N) is 1. The van der Waals surface area contributed by atoms with Crippen LogP contribution in [0.5, 0.6) is 0 Å². The van der Waals surface area contributed by atoms with Crippen LogP contribution in [0.25, 0.3) is 0 Å². The molecule has 1 heterocycles. The Morgan fingerprint density at radius 2 is 1.90 bits per heavy atom. The van der Waals surface area contributed by atoms with Gasteiger partial charge in [-0.3, -0.25) is 0 Å². The van der Waals surface area contributed by atoms with Gasteiger partial charge in [0.05, 0.1) is 6.10 Å². The second-order valence-corrected chi connectivity index (χ2v) is 5.97. The van der Waals surface area contributed by atoms with Crippen molar-refractivity contribution in [3.8, 4) is 0 Å². The van der Waals surface area contributed by atoms with Gasteiger partial charge in [-0.15, -0.1) is 0 Å². The van der Waals surface area contributed by atoms with Crippen LogP contribution in [0.15, 0.2) is 0 Å².